The van der Waals surface area contributed by atoms with Crippen LogP contribution in [-0.2, 0) is 11.3 Å². The molecule has 0 radical (unpaired) electrons. The largest absolute Gasteiger partial charge is 0.494 e. The minimum Gasteiger partial charge on any atom is -0.494 e. The van der Waals surface area contributed by atoms with Crippen LogP contribution in [0.25, 0.3) is 0 Å². The van der Waals surface area contributed by atoms with E-state index in [1.807, 2.05) is 24.3 Å². The molecule has 0 saturated heterocycles. The lowest BCUT2D eigenvalue weighted by molar-refractivity contribution is -0.140. The Morgan fingerprint density at radius 1 is 0.821 bits per heavy atom. The molecule has 1 saturated carbocycles. The fourth-order valence-electron chi connectivity index (χ4n) is 5.94. The van der Waals surface area contributed by atoms with Crippen LogP contribution in [0, 0.1) is 11.8 Å². The van der Waals surface area contributed by atoms with Crippen molar-refractivity contribution in [1.82, 2.24) is 5.32 Å². The summed E-state index contributed by atoms with van der Waals surface area (Å²) >= 11 is 0. The third kappa shape index (κ3) is 9.27. The second-order valence-corrected chi connectivity index (χ2v) is 11.6. The highest BCUT2D eigenvalue weighted by atomic mass is 16.5. The van der Waals surface area contributed by atoms with Gasteiger partial charge in [0.25, 0.3) is 0 Å². The van der Waals surface area contributed by atoms with Crippen LogP contribution in [0.2, 0.25) is 0 Å². The van der Waals surface area contributed by atoms with Crippen molar-refractivity contribution in [2.75, 3.05) is 11.9 Å². The minimum absolute atomic E-state index is 0.0140. The monoisotopic (exact) mass is 534 g/mol. The summed E-state index contributed by atoms with van der Waals surface area (Å²) in [6, 6.07) is 14.2. The van der Waals surface area contributed by atoms with E-state index < -0.39 is 0 Å². The number of hydrogen-bond donors (Lipinski definition) is 2. The quantitative estimate of drug-likeness (QED) is 0.136. The van der Waals surface area contributed by atoms with Gasteiger partial charge in [-0.05, 0) is 79.5 Å². The first-order chi connectivity index (χ1) is 19.2. The number of unbranched alkanes of at least 4 members (excludes halogenated alkanes) is 7. The van der Waals surface area contributed by atoms with E-state index in [2.05, 4.69) is 42.7 Å². The number of benzene rings is 2. The van der Waals surface area contributed by atoms with E-state index in [0.29, 0.717) is 5.75 Å². The Kier molecular flexibility index (Phi) is 12.0. The number of anilines is 1. The van der Waals surface area contributed by atoms with E-state index in [9.17, 15) is 4.79 Å². The van der Waals surface area contributed by atoms with Crippen molar-refractivity contribution >= 4 is 11.7 Å². The number of nitrogens with one attached hydrogen (secondary N) is 2. The zero-order chi connectivity index (χ0) is 27.3. The van der Waals surface area contributed by atoms with Gasteiger partial charge in [0.1, 0.15) is 17.7 Å². The molecule has 1 atom stereocenters. The van der Waals surface area contributed by atoms with E-state index in [-0.39, 0.29) is 18.1 Å². The molecule has 2 aliphatic rings. The predicted molar refractivity (Wildman–Crippen MR) is 160 cm³/mol. The first-order valence-electron chi connectivity index (χ1n) is 15.7. The standard InChI is InChI=1S/C34H50N2O3/c1-3-5-7-8-9-11-23-38-31-21-22-32-29(24-31)25-35-33(36-32)27-17-19-30(20-18-27)39-34(37)28-15-13-26(14-16-28)12-10-6-4-2/h17-22,24,26,28,33,35-36H,3-16,23,25H2,1-2H3. The molecule has 0 bridgehead atoms. The first kappa shape index (κ1) is 29.5. The Bertz CT molecular complexity index is 998. The molecule has 5 nitrogen and oxygen atoms in total. The lowest BCUT2D eigenvalue weighted by Crippen LogP contribution is -2.32. The van der Waals surface area contributed by atoms with Crippen molar-refractivity contribution in [1.29, 1.82) is 0 Å². The van der Waals surface area contributed by atoms with Crippen LogP contribution < -0.4 is 20.1 Å². The molecule has 214 valence electrons. The third-order valence-electron chi connectivity index (χ3n) is 8.47. The molecule has 39 heavy (non-hydrogen) atoms. The minimum atomic E-state index is -0.0629. The van der Waals surface area contributed by atoms with Crippen LogP contribution in [0.15, 0.2) is 42.5 Å². The van der Waals surface area contributed by atoms with Crippen molar-refractivity contribution in [3.63, 3.8) is 0 Å². The molecule has 0 amide bonds. The molecule has 5 heteroatoms. The summed E-state index contributed by atoms with van der Waals surface area (Å²) in [5.74, 6) is 2.36. The number of ether oxygens (including phenoxy) is 2. The highest BCUT2D eigenvalue weighted by Gasteiger charge is 2.27. The number of rotatable bonds is 15. The summed E-state index contributed by atoms with van der Waals surface area (Å²) in [7, 11) is 0. The van der Waals surface area contributed by atoms with E-state index >= 15 is 0 Å². The lowest BCUT2D eigenvalue weighted by Gasteiger charge is -2.29. The smallest absolute Gasteiger partial charge is 0.314 e. The van der Waals surface area contributed by atoms with Gasteiger partial charge in [0.05, 0.1) is 12.5 Å². The molecule has 4 rings (SSSR count). The zero-order valence-corrected chi connectivity index (χ0v) is 24.3. The summed E-state index contributed by atoms with van der Waals surface area (Å²) < 4.78 is 11.8. The fraction of sp³-hybridized carbons (Fsp3) is 0.618. The molecule has 1 aliphatic carbocycles. The van der Waals surface area contributed by atoms with Gasteiger partial charge >= 0.3 is 5.97 Å². The van der Waals surface area contributed by atoms with Crippen LogP contribution >= 0.6 is 0 Å². The van der Waals surface area contributed by atoms with Crippen molar-refractivity contribution in [3.05, 3.63) is 53.6 Å². The summed E-state index contributed by atoms with van der Waals surface area (Å²) in [5, 5.41) is 7.17. The van der Waals surface area contributed by atoms with Gasteiger partial charge in [-0.3, -0.25) is 10.1 Å². The topological polar surface area (TPSA) is 59.6 Å². The van der Waals surface area contributed by atoms with Crippen LogP contribution in [0.1, 0.15) is 121 Å². The summed E-state index contributed by atoms with van der Waals surface area (Å²) in [6.07, 6.45) is 17.1. The Morgan fingerprint density at radius 2 is 1.51 bits per heavy atom. The van der Waals surface area contributed by atoms with E-state index in [1.54, 1.807) is 0 Å². The maximum Gasteiger partial charge on any atom is 0.314 e. The highest BCUT2D eigenvalue weighted by Crippen LogP contribution is 2.34. The number of carbonyl (C=O) groups is 1. The van der Waals surface area contributed by atoms with Gasteiger partial charge in [0.15, 0.2) is 0 Å². The molecule has 2 N–H and O–H groups in total. The molecule has 1 unspecified atom stereocenters. The predicted octanol–water partition coefficient (Wildman–Crippen LogP) is 8.93. The average Bonchev–Trinajstić information content (AvgIpc) is 2.97. The summed E-state index contributed by atoms with van der Waals surface area (Å²) in [5.41, 5.74) is 3.47. The molecule has 2 aromatic carbocycles. The second-order valence-electron chi connectivity index (χ2n) is 11.6. The lowest BCUT2D eigenvalue weighted by atomic mass is 9.80. The third-order valence-corrected chi connectivity index (χ3v) is 8.47. The summed E-state index contributed by atoms with van der Waals surface area (Å²) in [6.45, 7) is 6.07. The Morgan fingerprint density at radius 3 is 2.28 bits per heavy atom. The second kappa shape index (κ2) is 15.9. The Hall–Kier alpha value is -2.53. The van der Waals surface area contributed by atoms with Crippen LogP contribution in [-0.4, -0.2) is 12.6 Å². The number of carbonyl (C=O) groups excluding carboxylic acids is 1. The van der Waals surface area contributed by atoms with Crippen molar-refractivity contribution in [2.45, 2.75) is 116 Å². The van der Waals surface area contributed by atoms with Crippen LogP contribution in [0.5, 0.6) is 11.5 Å². The van der Waals surface area contributed by atoms with Crippen LogP contribution in [0.4, 0.5) is 5.69 Å². The molecule has 2 aromatic rings. The van der Waals surface area contributed by atoms with Gasteiger partial charge in [-0.15, -0.1) is 0 Å². The van der Waals surface area contributed by atoms with Gasteiger partial charge in [0, 0.05) is 12.2 Å². The molecule has 1 aliphatic heterocycles. The molecular weight excluding hydrogens is 484 g/mol. The van der Waals surface area contributed by atoms with Crippen molar-refractivity contribution in [2.24, 2.45) is 11.8 Å². The van der Waals surface area contributed by atoms with Gasteiger partial charge in [-0.25, -0.2) is 0 Å². The van der Waals surface area contributed by atoms with Gasteiger partial charge in [-0.1, -0.05) is 83.8 Å². The summed E-state index contributed by atoms with van der Waals surface area (Å²) in [4.78, 5) is 12.8. The SMILES string of the molecule is CCCCCCCCOc1ccc2c(c1)CNC(c1ccc(OC(=O)C3CCC(CCCCC)CC3)cc1)N2. The molecule has 0 aromatic heterocycles. The number of hydrogen-bond acceptors (Lipinski definition) is 5. The molecular formula is C34H50N2O3. The molecule has 1 heterocycles. The Balaban J connectivity index is 1.19. The highest BCUT2D eigenvalue weighted by molar-refractivity contribution is 5.75. The zero-order valence-electron chi connectivity index (χ0n) is 24.3. The van der Waals surface area contributed by atoms with Crippen molar-refractivity contribution < 1.29 is 14.3 Å². The van der Waals surface area contributed by atoms with Gasteiger partial charge < -0.3 is 14.8 Å². The normalized spacial score (nSPS) is 20.6. The average molecular weight is 535 g/mol. The van der Waals surface area contributed by atoms with E-state index in [1.165, 1.54) is 63.4 Å². The van der Waals surface area contributed by atoms with Crippen molar-refractivity contribution in [3.8, 4) is 11.5 Å². The van der Waals surface area contributed by atoms with Gasteiger partial charge in [-0.2, -0.15) is 0 Å². The Labute approximate surface area is 236 Å². The number of fused-ring (bicyclic) bond motifs is 1. The molecule has 1 fully saturated rings. The number of esters is 1. The van der Waals surface area contributed by atoms with E-state index in [4.69, 9.17) is 9.47 Å². The maximum atomic E-state index is 12.8. The van der Waals surface area contributed by atoms with E-state index in [0.717, 1.165) is 68.2 Å². The maximum absolute atomic E-state index is 12.8. The first-order valence-corrected chi connectivity index (χ1v) is 15.7. The van der Waals surface area contributed by atoms with Gasteiger partial charge in [0.2, 0.25) is 0 Å². The van der Waals surface area contributed by atoms with Crippen LogP contribution in [0.3, 0.4) is 0 Å². The fourth-order valence-corrected chi connectivity index (χ4v) is 5.94. The molecule has 0 spiro atoms.